The Labute approximate surface area is 258 Å². The van der Waals surface area contributed by atoms with Gasteiger partial charge in [0, 0.05) is 24.2 Å². The number of carbonyl (C=O) groups is 2. The van der Waals surface area contributed by atoms with Crippen LogP contribution in [0.3, 0.4) is 0 Å². The number of hydrogen-bond donors (Lipinski definition) is 1. The molecular weight excluding hydrogens is 594 g/mol. The van der Waals surface area contributed by atoms with Crippen molar-refractivity contribution in [3.05, 3.63) is 77.3 Å². The number of methoxy groups -OCH3 is 3. The molecule has 0 bridgehead atoms. The molecule has 0 unspecified atom stereocenters. The average Bonchev–Trinajstić information content (AvgIpc) is 3.02. The van der Waals surface area contributed by atoms with Gasteiger partial charge in [-0.1, -0.05) is 55.3 Å². The summed E-state index contributed by atoms with van der Waals surface area (Å²) in [5, 5.41) is 3.10. The Hall–Kier alpha value is -3.96. The lowest BCUT2D eigenvalue weighted by atomic mass is 10.1. The van der Waals surface area contributed by atoms with Crippen molar-refractivity contribution in [2.45, 2.75) is 44.2 Å². The average molecular weight is 632 g/mol. The molecule has 0 radical (unpaired) electrons. The molecule has 232 valence electrons. The lowest BCUT2D eigenvalue weighted by Gasteiger charge is -2.32. The highest BCUT2D eigenvalue weighted by molar-refractivity contribution is 7.92. The fraction of sp³-hybridized carbons (Fsp3) is 0.355. The number of ether oxygens (including phenoxy) is 3. The van der Waals surface area contributed by atoms with Crippen LogP contribution in [0.15, 0.2) is 71.6 Å². The molecule has 0 saturated carbocycles. The van der Waals surface area contributed by atoms with Gasteiger partial charge in [-0.15, -0.1) is 0 Å². The highest BCUT2D eigenvalue weighted by Crippen LogP contribution is 2.37. The minimum atomic E-state index is -4.41. The minimum Gasteiger partial charge on any atom is -0.495 e. The molecule has 1 N–H and O–H groups in total. The number of sulfonamides is 1. The zero-order valence-corrected chi connectivity index (χ0v) is 26.6. The van der Waals surface area contributed by atoms with Gasteiger partial charge in [-0.25, -0.2) is 8.42 Å². The first-order valence-electron chi connectivity index (χ1n) is 13.8. The van der Waals surface area contributed by atoms with E-state index in [9.17, 15) is 18.0 Å². The van der Waals surface area contributed by atoms with Crippen LogP contribution in [-0.4, -0.2) is 65.6 Å². The third kappa shape index (κ3) is 8.32. The molecule has 0 fully saturated rings. The van der Waals surface area contributed by atoms with E-state index in [0.29, 0.717) is 12.3 Å². The molecule has 0 aromatic heterocycles. The second kappa shape index (κ2) is 15.5. The Kier molecular flexibility index (Phi) is 12.1. The number of carbonyl (C=O) groups excluding carboxylic acids is 2. The number of anilines is 1. The van der Waals surface area contributed by atoms with Crippen LogP contribution in [0.25, 0.3) is 0 Å². The van der Waals surface area contributed by atoms with Gasteiger partial charge in [0.15, 0.2) is 11.5 Å². The topological polar surface area (TPSA) is 114 Å². The summed E-state index contributed by atoms with van der Waals surface area (Å²) in [6.07, 6.45) is 1.68. The lowest BCUT2D eigenvalue weighted by molar-refractivity contribution is -0.139. The lowest BCUT2D eigenvalue weighted by Crippen LogP contribution is -2.51. The molecule has 0 aliphatic carbocycles. The zero-order chi connectivity index (χ0) is 31.6. The summed E-state index contributed by atoms with van der Waals surface area (Å²) >= 11 is 6.30. The normalized spacial score (nSPS) is 11.8. The number of halogens is 1. The van der Waals surface area contributed by atoms with Crippen LogP contribution in [0.2, 0.25) is 5.02 Å². The Morgan fingerprint density at radius 2 is 1.56 bits per heavy atom. The molecule has 3 aromatic rings. The van der Waals surface area contributed by atoms with Crippen LogP contribution in [-0.2, 0) is 26.2 Å². The van der Waals surface area contributed by atoms with E-state index in [1.807, 2.05) is 37.3 Å². The molecule has 0 aliphatic rings. The van der Waals surface area contributed by atoms with E-state index in [-0.39, 0.29) is 39.6 Å². The van der Waals surface area contributed by atoms with E-state index in [2.05, 4.69) is 5.32 Å². The predicted molar refractivity (Wildman–Crippen MR) is 166 cm³/mol. The van der Waals surface area contributed by atoms with Gasteiger partial charge < -0.3 is 24.4 Å². The SMILES string of the molecule is CCCCNC(=O)[C@@H](C)N(Cc1ccccc1)C(=O)CN(c1cc(Cl)ccc1OC)S(=O)(=O)c1ccc(OC)c(OC)c1. The quantitative estimate of drug-likeness (QED) is 0.238. The summed E-state index contributed by atoms with van der Waals surface area (Å²) in [6.45, 7) is 3.53. The molecule has 0 saturated heterocycles. The highest BCUT2D eigenvalue weighted by Gasteiger charge is 2.34. The third-order valence-corrected chi connectivity index (χ3v) is 8.81. The van der Waals surface area contributed by atoms with Crippen molar-refractivity contribution in [3.8, 4) is 17.2 Å². The predicted octanol–water partition coefficient (Wildman–Crippen LogP) is 4.89. The minimum absolute atomic E-state index is 0.0536. The number of amides is 2. The Morgan fingerprint density at radius 1 is 0.907 bits per heavy atom. The van der Waals surface area contributed by atoms with Crippen molar-refractivity contribution in [1.29, 1.82) is 0 Å². The van der Waals surface area contributed by atoms with Gasteiger partial charge in [0.25, 0.3) is 10.0 Å². The molecular formula is C31H38ClN3O7S. The summed E-state index contributed by atoms with van der Waals surface area (Å²) < 4.78 is 45.5. The fourth-order valence-electron chi connectivity index (χ4n) is 4.37. The maximum atomic E-state index is 14.3. The maximum absolute atomic E-state index is 14.3. The van der Waals surface area contributed by atoms with Crippen LogP contribution >= 0.6 is 11.6 Å². The van der Waals surface area contributed by atoms with E-state index in [1.54, 1.807) is 13.0 Å². The number of unbranched alkanes of at least 4 members (excludes halogenated alkanes) is 1. The zero-order valence-electron chi connectivity index (χ0n) is 25.0. The molecule has 12 heteroatoms. The molecule has 43 heavy (non-hydrogen) atoms. The van der Waals surface area contributed by atoms with Crippen molar-refractivity contribution in [2.75, 3.05) is 38.7 Å². The van der Waals surface area contributed by atoms with Gasteiger partial charge in [-0.2, -0.15) is 0 Å². The second-order valence-corrected chi connectivity index (χ2v) is 12.0. The van der Waals surface area contributed by atoms with Crippen LogP contribution in [0, 0.1) is 0 Å². The van der Waals surface area contributed by atoms with Crippen LogP contribution in [0.4, 0.5) is 5.69 Å². The van der Waals surface area contributed by atoms with Crippen molar-refractivity contribution in [1.82, 2.24) is 10.2 Å². The molecule has 0 heterocycles. The Balaban J connectivity index is 2.11. The van der Waals surface area contributed by atoms with Gasteiger partial charge in [0.05, 0.1) is 31.9 Å². The largest absolute Gasteiger partial charge is 0.495 e. The van der Waals surface area contributed by atoms with Crippen molar-refractivity contribution < 1.29 is 32.2 Å². The van der Waals surface area contributed by atoms with Gasteiger partial charge in [0.1, 0.15) is 18.3 Å². The molecule has 0 spiro atoms. The second-order valence-electron chi connectivity index (χ2n) is 9.67. The van der Waals surface area contributed by atoms with Gasteiger partial charge in [0.2, 0.25) is 11.8 Å². The molecule has 3 rings (SSSR count). The smallest absolute Gasteiger partial charge is 0.265 e. The maximum Gasteiger partial charge on any atom is 0.265 e. The summed E-state index contributed by atoms with van der Waals surface area (Å²) in [7, 11) is -0.194. The van der Waals surface area contributed by atoms with Gasteiger partial charge in [-0.05, 0) is 49.2 Å². The third-order valence-electron chi connectivity index (χ3n) is 6.82. The summed E-state index contributed by atoms with van der Waals surface area (Å²) in [5.41, 5.74) is 0.830. The molecule has 0 aliphatic heterocycles. The molecule has 3 aromatic carbocycles. The van der Waals surface area contributed by atoms with Crippen LogP contribution < -0.4 is 23.8 Å². The van der Waals surface area contributed by atoms with E-state index in [1.165, 1.54) is 56.6 Å². The van der Waals surface area contributed by atoms with Crippen molar-refractivity contribution >= 4 is 39.1 Å². The Morgan fingerprint density at radius 3 is 2.19 bits per heavy atom. The summed E-state index contributed by atoms with van der Waals surface area (Å²) in [4.78, 5) is 28.4. The number of nitrogens with zero attached hydrogens (tertiary/aromatic N) is 2. The number of nitrogens with one attached hydrogen (secondary N) is 1. The monoisotopic (exact) mass is 631 g/mol. The van der Waals surface area contributed by atoms with E-state index < -0.39 is 28.5 Å². The van der Waals surface area contributed by atoms with E-state index >= 15 is 0 Å². The number of rotatable bonds is 15. The van der Waals surface area contributed by atoms with Crippen LogP contribution in [0.1, 0.15) is 32.3 Å². The first kappa shape index (κ1) is 33.5. The van der Waals surface area contributed by atoms with Gasteiger partial charge in [-0.3, -0.25) is 13.9 Å². The number of hydrogen-bond acceptors (Lipinski definition) is 7. The van der Waals surface area contributed by atoms with Crippen molar-refractivity contribution in [2.24, 2.45) is 0 Å². The standard InChI is InChI=1S/C31H38ClN3O7S/c1-6-7-17-33-31(37)22(2)34(20-23-11-9-8-10-12-23)30(36)21-35(26-18-24(32)13-15-27(26)40-3)43(38,39)25-14-16-28(41-4)29(19-25)42-5/h8-16,18-19,22H,6-7,17,20-21H2,1-5H3,(H,33,37)/t22-/m1/s1. The first-order valence-corrected chi connectivity index (χ1v) is 15.6. The first-order chi connectivity index (χ1) is 20.6. The molecule has 1 atom stereocenters. The van der Waals surface area contributed by atoms with E-state index in [0.717, 1.165) is 22.7 Å². The summed E-state index contributed by atoms with van der Waals surface area (Å²) in [5.74, 6) is -0.237. The number of benzene rings is 3. The molecule has 10 nitrogen and oxygen atoms in total. The highest BCUT2D eigenvalue weighted by atomic mass is 35.5. The van der Waals surface area contributed by atoms with E-state index in [4.69, 9.17) is 25.8 Å². The fourth-order valence-corrected chi connectivity index (χ4v) is 5.97. The van der Waals surface area contributed by atoms with Crippen molar-refractivity contribution in [3.63, 3.8) is 0 Å². The Bertz CT molecular complexity index is 1500. The summed E-state index contributed by atoms with van der Waals surface area (Å²) in [6, 6.07) is 16.9. The van der Waals surface area contributed by atoms with Crippen LogP contribution in [0.5, 0.6) is 17.2 Å². The van der Waals surface area contributed by atoms with Gasteiger partial charge >= 0.3 is 0 Å². The molecule has 2 amide bonds.